The molecule has 0 spiro atoms. The van der Waals surface area contributed by atoms with Crippen LogP contribution in [0.1, 0.15) is 38.7 Å². The van der Waals surface area contributed by atoms with Gasteiger partial charge in [0.2, 0.25) is 0 Å². The second-order valence-corrected chi connectivity index (χ2v) is 6.26. The lowest BCUT2D eigenvalue weighted by Gasteiger charge is -2.26. The van der Waals surface area contributed by atoms with Gasteiger partial charge in [0.05, 0.1) is 0 Å². The van der Waals surface area contributed by atoms with Crippen LogP contribution in [-0.2, 0) is 6.54 Å². The molecule has 1 aromatic carbocycles. The lowest BCUT2D eigenvalue weighted by atomic mass is 9.82. The Labute approximate surface area is 118 Å². The van der Waals surface area contributed by atoms with E-state index in [-0.39, 0.29) is 5.82 Å². The van der Waals surface area contributed by atoms with Crippen molar-refractivity contribution >= 4 is 15.9 Å². The summed E-state index contributed by atoms with van der Waals surface area (Å²) >= 11 is 3.45. The number of likely N-dealkylation sites (tertiary alicyclic amines) is 1. The molecule has 0 unspecified atom stereocenters. The quantitative estimate of drug-likeness (QED) is 0.785. The largest absolute Gasteiger partial charge is 0.298 e. The van der Waals surface area contributed by atoms with Crippen molar-refractivity contribution in [1.29, 1.82) is 0 Å². The topological polar surface area (TPSA) is 3.24 Å². The molecule has 0 saturated carbocycles. The third-order valence-electron chi connectivity index (χ3n) is 4.43. The number of nitrogens with zero attached hydrogens (tertiary/aromatic N) is 1. The normalized spacial score (nSPS) is 19.3. The molecule has 1 heterocycles. The third-order valence-corrected chi connectivity index (χ3v) is 5.16. The molecule has 18 heavy (non-hydrogen) atoms. The minimum Gasteiger partial charge on any atom is -0.298 e. The third kappa shape index (κ3) is 2.94. The molecule has 1 aliphatic heterocycles. The van der Waals surface area contributed by atoms with Crippen molar-refractivity contribution in [3.8, 4) is 0 Å². The van der Waals surface area contributed by atoms with Crippen molar-refractivity contribution in [2.75, 3.05) is 13.1 Å². The van der Waals surface area contributed by atoms with Crippen molar-refractivity contribution in [2.24, 2.45) is 5.41 Å². The number of benzene rings is 1. The van der Waals surface area contributed by atoms with E-state index >= 15 is 0 Å². The molecule has 0 amide bonds. The Morgan fingerprint density at radius 2 is 2.06 bits per heavy atom. The zero-order chi connectivity index (χ0) is 13.2. The molecule has 0 atom stereocenters. The van der Waals surface area contributed by atoms with E-state index in [0.29, 0.717) is 5.41 Å². The molecule has 1 saturated heterocycles. The van der Waals surface area contributed by atoms with Gasteiger partial charge >= 0.3 is 0 Å². The number of hydrogen-bond acceptors (Lipinski definition) is 1. The van der Waals surface area contributed by atoms with Gasteiger partial charge in [-0.25, -0.2) is 4.39 Å². The van der Waals surface area contributed by atoms with E-state index in [1.165, 1.54) is 31.4 Å². The summed E-state index contributed by atoms with van der Waals surface area (Å²) in [6.45, 7) is 7.83. The number of halogens is 2. The molecule has 3 heteroatoms. The predicted octanol–water partition coefficient (Wildman–Crippen LogP) is 4.60. The van der Waals surface area contributed by atoms with Gasteiger partial charge in [0.1, 0.15) is 5.82 Å². The first-order valence-electron chi connectivity index (χ1n) is 6.75. The van der Waals surface area contributed by atoms with E-state index in [1.54, 1.807) is 12.1 Å². The van der Waals surface area contributed by atoms with Crippen LogP contribution >= 0.6 is 15.9 Å². The molecule has 0 aromatic heterocycles. The maximum absolute atomic E-state index is 13.0. The Morgan fingerprint density at radius 3 is 2.61 bits per heavy atom. The Balaban J connectivity index is 2.03. The summed E-state index contributed by atoms with van der Waals surface area (Å²) in [6.07, 6.45) is 3.80. The Hall–Kier alpha value is -0.410. The smallest absolute Gasteiger partial charge is 0.124 e. The lowest BCUT2D eigenvalue weighted by Crippen LogP contribution is -2.26. The maximum atomic E-state index is 13.0. The highest BCUT2D eigenvalue weighted by molar-refractivity contribution is 9.10. The highest BCUT2D eigenvalue weighted by Crippen LogP contribution is 2.37. The molecule has 1 aromatic rings. The fourth-order valence-corrected chi connectivity index (χ4v) is 3.36. The molecule has 0 radical (unpaired) electrons. The molecule has 0 N–H and O–H groups in total. The number of rotatable bonds is 4. The Bertz CT molecular complexity index is 415. The Morgan fingerprint density at radius 1 is 1.33 bits per heavy atom. The monoisotopic (exact) mass is 313 g/mol. The van der Waals surface area contributed by atoms with E-state index < -0.39 is 0 Å². The van der Waals surface area contributed by atoms with E-state index in [4.69, 9.17) is 0 Å². The van der Waals surface area contributed by atoms with E-state index in [9.17, 15) is 4.39 Å². The minimum atomic E-state index is -0.177. The molecule has 0 bridgehead atoms. The summed E-state index contributed by atoms with van der Waals surface area (Å²) in [5, 5.41) is 0. The second-order valence-electron chi connectivity index (χ2n) is 5.40. The summed E-state index contributed by atoms with van der Waals surface area (Å²) in [5.41, 5.74) is 1.69. The van der Waals surface area contributed by atoms with Crippen LogP contribution in [0.2, 0.25) is 0 Å². The van der Waals surface area contributed by atoms with Gasteiger partial charge in [-0.3, -0.25) is 4.90 Å². The standard InChI is InChI=1S/C15H21BrFN/c1-3-15(4-2)7-8-18(11-15)10-12-5-6-13(17)9-14(12)16/h5-6,9H,3-4,7-8,10-11H2,1-2H3. The molecule has 0 aliphatic carbocycles. The van der Waals surface area contributed by atoms with Crippen LogP contribution in [0, 0.1) is 11.2 Å². The molecule has 2 rings (SSSR count). The molecular weight excluding hydrogens is 293 g/mol. The van der Waals surface area contributed by atoms with Crippen molar-refractivity contribution in [3.05, 3.63) is 34.1 Å². The molecule has 1 fully saturated rings. The lowest BCUT2D eigenvalue weighted by molar-refractivity contribution is 0.236. The first-order valence-corrected chi connectivity index (χ1v) is 7.54. The second kappa shape index (κ2) is 5.70. The van der Waals surface area contributed by atoms with Crippen molar-refractivity contribution in [3.63, 3.8) is 0 Å². The van der Waals surface area contributed by atoms with Crippen LogP contribution in [0.4, 0.5) is 4.39 Å². The van der Waals surface area contributed by atoms with Crippen LogP contribution in [0.15, 0.2) is 22.7 Å². The van der Waals surface area contributed by atoms with Crippen LogP contribution in [0.25, 0.3) is 0 Å². The van der Waals surface area contributed by atoms with Crippen LogP contribution in [-0.4, -0.2) is 18.0 Å². The predicted molar refractivity (Wildman–Crippen MR) is 77.0 cm³/mol. The van der Waals surface area contributed by atoms with Crippen molar-refractivity contribution < 1.29 is 4.39 Å². The van der Waals surface area contributed by atoms with E-state index in [1.807, 2.05) is 6.07 Å². The van der Waals surface area contributed by atoms with Gasteiger partial charge in [0.15, 0.2) is 0 Å². The Kier molecular flexibility index (Phi) is 4.44. The summed E-state index contributed by atoms with van der Waals surface area (Å²) in [6, 6.07) is 4.98. The molecule has 1 nitrogen and oxygen atoms in total. The fraction of sp³-hybridized carbons (Fsp3) is 0.600. The number of hydrogen-bond donors (Lipinski definition) is 0. The van der Waals surface area contributed by atoms with Gasteiger partial charge in [-0.05, 0) is 48.9 Å². The van der Waals surface area contributed by atoms with Gasteiger partial charge in [-0.1, -0.05) is 35.8 Å². The summed E-state index contributed by atoms with van der Waals surface area (Å²) in [5.74, 6) is -0.177. The summed E-state index contributed by atoms with van der Waals surface area (Å²) in [4.78, 5) is 2.49. The van der Waals surface area contributed by atoms with Crippen molar-refractivity contribution in [2.45, 2.75) is 39.7 Å². The summed E-state index contributed by atoms with van der Waals surface area (Å²) < 4.78 is 13.9. The van der Waals surface area contributed by atoms with Crippen molar-refractivity contribution in [1.82, 2.24) is 4.90 Å². The van der Waals surface area contributed by atoms with E-state index in [2.05, 4.69) is 34.7 Å². The van der Waals surface area contributed by atoms with Gasteiger partial charge in [-0.15, -0.1) is 0 Å². The highest BCUT2D eigenvalue weighted by atomic mass is 79.9. The average molecular weight is 314 g/mol. The van der Waals surface area contributed by atoms with Crippen LogP contribution in [0.5, 0.6) is 0 Å². The maximum Gasteiger partial charge on any atom is 0.124 e. The van der Waals surface area contributed by atoms with Gasteiger partial charge < -0.3 is 0 Å². The molecular formula is C15H21BrFN. The van der Waals surface area contributed by atoms with Gasteiger partial charge in [-0.2, -0.15) is 0 Å². The highest BCUT2D eigenvalue weighted by Gasteiger charge is 2.34. The van der Waals surface area contributed by atoms with Crippen LogP contribution in [0.3, 0.4) is 0 Å². The van der Waals surface area contributed by atoms with E-state index in [0.717, 1.165) is 17.6 Å². The van der Waals surface area contributed by atoms with Gasteiger partial charge in [0, 0.05) is 17.6 Å². The van der Waals surface area contributed by atoms with Gasteiger partial charge in [0.25, 0.3) is 0 Å². The first kappa shape index (κ1) is 14.0. The first-order chi connectivity index (χ1) is 8.58. The zero-order valence-corrected chi connectivity index (χ0v) is 12.8. The van der Waals surface area contributed by atoms with Crippen LogP contribution < -0.4 is 0 Å². The zero-order valence-electron chi connectivity index (χ0n) is 11.2. The molecule has 1 aliphatic rings. The molecule has 100 valence electrons. The fourth-order valence-electron chi connectivity index (χ4n) is 2.88. The minimum absolute atomic E-state index is 0.177. The SMILES string of the molecule is CCC1(CC)CCN(Cc2ccc(F)cc2Br)C1. The summed E-state index contributed by atoms with van der Waals surface area (Å²) in [7, 11) is 0. The average Bonchev–Trinajstić information content (AvgIpc) is 2.77.